The fourth-order valence-electron chi connectivity index (χ4n) is 2.65. The summed E-state index contributed by atoms with van der Waals surface area (Å²) in [7, 11) is 1.70. The van der Waals surface area contributed by atoms with Crippen molar-refractivity contribution >= 4 is 0 Å². The van der Waals surface area contributed by atoms with E-state index in [1.54, 1.807) is 7.11 Å². The minimum absolute atomic E-state index is 0.331. The summed E-state index contributed by atoms with van der Waals surface area (Å²) in [4.78, 5) is 0. The molecule has 0 aliphatic rings. The van der Waals surface area contributed by atoms with E-state index in [2.05, 4.69) is 32.2 Å². The molecule has 2 atom stereocenters. The van der Waals surface area contributed by atoms with Crippen LogP contribution in [0.1, 0.15) is 70.4 Å². The van der Waals surface area contributed by atoms with Crippen LogP contribution < -0.4 is 5.32 Å². The van der Waals surface area contributed by atoms with Crippen molar-refractivity contribution in [1.82, 2.24) is 5.32 Å². The van der Waals surface area contributed by atoms with Crippen LogP contribution >= 0.6 is 0 Å². The van der Waals surface area contributed by atoms with E-state index in [4.69, 9.17) is 9.15 Å². The lowest BCUT2D eigenvalue weighted by atomic mass is 9.89. The molecule has 1 aromatic heterocycles. The number of nitrogens with one attached hydrogen (secondary N) is 1. The van der Waals surface area contributed by atoms with Gasteiger partial charge in [-0.3, -0.25) is 0 Å². The Hall–Kier alpha value is -0.800. The van der Waals surface area contributed by atoms with Gasteiger partial charge in [0.2, 0.25) is 0 Å². The Morgan fingerprint density at radius 2 is 2.00 bits per heavy atom. The molecule has 0 radical (unpaired) electrons. The number of methoxy groups -OCH3 is 1. The van der Waals surface area contributed by atoms with E-state index in [1.807, 2.05) is 6.07 Å². The molecule has 20 heavy (non-hydrogen) atoms. The average molecular weight is 281 g/mol. The number of rotatable bonds is 11. The first-order chi connectivity index (χ1) is 9.76. The quantitative estimate of drug-likeness (QED) is 0.639. The number of unbranched alkanes of at least 4 members (excludes halogenated alkanes) is 1. The molecule has 0 bridgehead atoms. The number of hydrogen-bond donors (Lipinski definition) is 1. The maximum Gasteiger partial charge on any atom is 0.129 e. The van der Waals surface area contributed by atoms with Gasteiger partial charge in [0, 0.05) is 7.11 Å². The first kappa shape index (κ1) is 17.3. The second-order valence-electron chi connectivity index (χ2n) is 5.48. The van der Waals surface area contributed by atoms with E-state index in [9.17, 15) is 0 Å². The highest BCUT2D eigenvalue weighted by Crippen LogP contribution is 2.30. The van der Waals surface area contributed by atoms with E-state index in [0.717, 1.165) is 24.5 Å². The highest BCUT2D eigenvalue weighted by molar-refractivity contribution is 5.11. The summed E-state index contributed by atoms with van der Waals surface area (Å²) in [6, 6.07) is 4.47. The van der Waals surface area contributed by atoms with Gasteiger partial charge in [0.15, 0.2) is 0 Å². The molecule has 0 aliphatic heterocycles. The summed E-state index contributed by atoms with van der Waals surface area (Å²) in [5.74, 6) is 2.62. The lowest BCUT2D eigenvalue weighted by Crippen LogP contribution is -2.28. The Morgan fingerprint density at radius 1 is 1.20 bits per heavy atom. The summed E-state index contributed by atoms with van der Waals surface area (Å²) < 4.78 is 11.1. The van der Waals surface area contributed by atoms with Gasteiger partial charge in [-0.05, 0) is 37.4 Å². The molecule has 0 saturated heterocycles. The zero-order valence-corrected chi connectivity index (χ0v) is 13.6. The topological polar surface area (TPSA) is 34.4 Å². The minimum Gasteiger partial charge on any atom is -0.462 e. The Kier molecular flexibility index (Phi) is 8.63. The van der Waals surface area contributed by atoms with Crippen molar-refractivity contribution in [3.63, 3.8) is 0 Å². The van der Waals surface area contributed by atoms with Crippen LogP contribution in [0, 0.1) is 5.92 Å². The Balaban J connectivity index is 2.78. The summed E-state index contributed by atoms with van der Waals surface area (Å²) >= 11 is 0. The zero-order valence-electron chi connectivity index (χ0n) is 13.6. The predicted octanol–water partition coefficient (Wildman–Crippen LogP) is 4.68. The molecule has 116 valence electrons. The van der Waals surface area contributed by atoms with Crippen LogP contribution in [0.5, 0.6) is 0 Å². The number of hydrogen-bond acceptors (Lipinski definition) is 3. The van der Waals surface area contributed by atoms with Crippen molar-refractivity contribution in [2.45, 2.75) is 65.5 Å². The van der Waals surface area contributed by atoms with Gasteiger partial charge in [-0.25, -0.2) is 0 Å². The molecule has 0 aromatic carbocycles. The van der Waals surface area contributed by atoms with Crippen LogP contribution in [0.25, 0.3) is 0 Å². The first-order valence-electron chi connectivity index (χ1n) is 8.07. The van der Waals surface area contributed by atoms with Gasteiger partial charge in [0.25, 0.3) is 0 Å². The fraction of sp³-hybridized carbons (Fsp3) is 0.765. The largest absolute Gasteiger partial charge is 0.462 e. The normalized spacial score (nSPS) is 14.4. The molecule has 3 nitrogen and oxygen atoms in total. The lowest BCUT2D eigenvalue weighted by Gasteiger charge is -2.25. The third-order valence-corrected chi connectivity index (χ3v) is 3.81. The second-order valence-corrected chi connectivity index (χ2v) is 5.48. The van der Waals surface area contributed by atoms with Gasteiger partial charge in [0.1, 0.15) is 18.1 Å². The molecule has 1 rings (SSSR count). The molecular weight excluding hydrogens is 250 g/mol. The maximum atomic E-state index is 5.96. The maximum absolute atomic E-state index is 5.96. The summed E-state index contributed by atoms with van der Waals surface area (Å²) in [5.41, 5.74) is 0. The molecule has 0 fully saturated rings. The molecule has 2 unspecified atom stereocenters. The van der Waals surface area contributed by atoms with Crippen molar-refractivity contribution in [3.05, 3.63) is 23.7 Å². The summed E-state index contributed by atoms with van der Waals surface area (Å²) in [6.07, 6.45) is 6.13. The molecule has 0 aliphatic carbocycles. The standard InChI is InChI=1S/C17H31NO2/c1-5-8-9-14(7-3)17(18-12-6-2)16-11-10-15(20-16)13-19-4/h10-11,14,17-18H,5-9,12-13H2,1-4H3. The Morgan fingerprint density at radius 3 is 2.60 bits per heavy atom. The van der Waals surface area contributed by atoms with E-state index in [-0.39, 0.29) is 0 Å². The van der Waals surface area contributed by atoms with Crippen LogP contribution in [0.15, 0.2) is 16.5 Å². The summed E-state index contributed by atoms with van der Waals surface area (Å²) in [5, 5.41) is 3.67. The van der Waals surface area contributed by atoms with E-state index >= 15 is 0 Å². The van der Waals surface area contributed by atoms with E-state index in [0.29, 0.717) is 18.6 Å². The van der Waals surface area contributed by atoms with Crippen LogP contribution in [-0.4, -0.2) is 13.7 Å². The Labute approximate surface area is 124 Å². The highest BCUT2D eigenvalue weighted by Gasteiger charge is 2.23. The molecule has 1 heterocycles. The third-order valence-electron chi connectivity index (χ3n) is 3.81. The van der Waals surface area contributed by atoms with Gasteiger partial charge >= 0.3 is 0 Å². The molecular formula is C17H31NO2. The fourth-order valence-corrected chi connectivity index (χ4v) is 2.65. The molecule has 1 aromatic rings. The monoisotopic (exact) mass is 281 g/mol. The molecule has 0 saturated carbocycles. The van der Waals surface area contributed by atoms with Crippen molar-refractivity contribution in [1.29, 1.82) is 0 Å². The van der Waals surface area contributed by atoms with Crippen LogP contribution in [-0.2, 0) is 11.3 Å². The van der Waals surface area contributed by atoms with Gasteiger partial charge in [-0.1, -0.05) is 40.0 Å². The SMILES string of the molecule is CCCCC(CC)C(NCCC)c1ccc(COC)o1. The van der Waals surface area contributed by atoms with Crippen LogP contribution in [0.2, 0.25) is 0 Å². The molecule has 1 N–H and O–H groups in total. The Bertz CT molecular complexity index is 349. The molecule has 3 heteroatoms. The smallest absolute Gasteiger partial charge is 0.129 e. The predicted molar refractivity (Wildman–Crippen MR) is 83.8 cm³/mol. The van der Waals surface area contributed by atoms with Gasteiger partial charge in [-0.15, -0.1) is 0 Å². The highest BCUT2D eigenvalue weighted by atomic mass is 16.5. The third kappa shape index (κ3) is 5.29. The van der Waals surface area contributed by atoms with Crippen molar-refractivity contribution in [2.75, 3.05) is 13.7 Å². The second kappa shape index (κ2) is 10.0. The van der Waals surface area contributed by atoms with Crippen molar-refractivity contribution in [3.8, 4) is 0 Å². The van der Waals surface area contributed by atoms with Crippen LogP contribution in [0.4, 0.5) is 0 Å². The first-order valence-corrected chi connectivity index (χ1v) is 8.07. The molecule has 0 spiro atoms. The zero-order chi connectivity index (χ0) is 14.8. The number of furan rings is 1. The lowest BCUT2D eigenvalue weighted by molar-refractivity contribution is 0.159. The van der Waals surface area contributed by atoms with Crippen molar-refractivity contribution in [2.24, 2.45) is 5.92 Å². The van der Waals surface area contributed by atoms with Gasteiger partial charge in [-0.2, -0.15) is 0 Å². The number of ether oxygens (including phenoxy) is 1. The minimum atomic E-state index is 0.331. The van der Waals surface area contributed by atoms with E-state index < -0.39 is 0 Å². The molecule has 0 amide bonds. The average Bonchev–Trinajstić information content (AvgIpc) is 2.91. The van der Waals surface area contributed by atoms with E-state index in [1.165, 1.54) is 25.7 Å². The summed E-state index contributed by atoms with van der Waals surface area (Å²) in [6.45, 7) is 8.32. The van der Waals surface area contributed by atoms with Crippen molar-refractivity contribution < 1.29 is 9.15 Å². The van der Waals surface area contributed by atoms with Gasteiger partial charge < -0.3 is 14.5 Å². The van der Waals surface area contributed by atoms with Crippen LogP contribution in [0.3, 0.4) is 0 Å². The van der Waals surface area contributed by atoms with Gasteiger partial charge in [0.05, 0.1) is 6.04 Å².